The molecule has 0 fully saturated rings. The topological polar surface area (TPSA) is 83.5 Å². The van der Waals surface area contributed by atoms with Crippen LogP contribution in [0.5, 0.6) is 0 Å². The molecule has 1 unspecified atom stereocenters. The van der Waals surface area contributed by atoms with E-state index in [0.717, 1.165) is 6.42 Å². The normalized spacial score (nSPS) is 16.2. The molecule has 114 valence electrons. The number of carbonyl (C=O) groups is 1. The third-order valence-corrected chi connectivity index (χ3v) is 4.27. The first-order chi connectivity index (χ1) is 8.31. The second-order valence-electron chi connectivity index (χ2n) is 6.58. The van der Waals surface area contributed by atoms with E-state index in [2.05, 4.69) is 5.32 Å². The molecule has 0 aromatic rings. The van der Waals surface area contributed by atoms with Crippen molar-refractivity contribution >= 4 is 16.0 Å². The molecule has 2 N–H and O–H groups in total. The fraction of sp³-hybridized carbons (Fsp3) is 0.923. The van der Waals surface area contributed by atoms with Crippen molar-refractivity contribution in [1.29, 1.82) is 0 Å². The zero-order valence-corrected chi connectivity index (χ0v) is 13.6. The van der Waals surface area contributed by atoms with Gasteiger partial charge in [0, 0.05) is 5.41 Å². The van der Waals surface area contributed by atoms with E-state index in [1.807, 2.05) is 27.7 Å². The number of hydrogen-bond acceptors (Lipinski definition) is 3. The first kappa shape index (κ1) is 18.4. The molecule has 6 heteroatoms. The lowest BCUT2D eigenvalue weighted by atomic mass is 9.78. The van der Waals surface area contributed by atoms with E-state index in [0.29, 0.717) is 12.3 Å². The smallest absolute Gasteiger partial charge is 0.267 e. The lowest BCUT2D eigenvalue weighted by Crippen LogP contribution is -2.53. The van der Waals surface area contributed by atoms with E-state index >= 15 is 0 Å². The van der Waals surface area contributed by atoms with Crippen LogP contribution in [-0.4, -0.2) is 30.2 Å². The third kappa shape index (κ3) is 6.92. The van der Waals surface area contributed by atoms with Gasteiger partial charge in [0.1, 0.15) is 0 Å². The molecule has 0 spiro atoms. The highest BCUT2D eigenvalue weighted by atomic mass is 32.2. The first-order valence-corrected chi connectivity index (χ1v) is 8.20. The minimum atomic E-state index is -4.12. The summed E-state index contributed by atoms with van der Waals surface area (Å²) in [6.07, 6.45) is 1.41. The summed E-state index contributed by atoms with van der Waals surface area (Å²) >= 11 is 0. The highest BCUT2D eigenvalue weighted by molar-refractivity contribution is 7.85. The van der Waals surface area contributed by atoms with Gasteiger partial charge in [0.25, 0.3) is 10.1 Å². The van der Waals surface area contributed by atoms with Gasteiger partial charge in [0.15, 0.2) is 0 Å². The average molecular weight is 293 g/mol. The maximum Gasteiger partial charge on any atom is 0.267 e. The Hall–Kier alpha value is -0.620. The minimum absolute atomic E-state index is 0.169. The Bertz CT molecular complexity index is 414. The van der Waals surface area contributed by atoms with Crippen molar-refractivity contribution in [2.45, 2.75) is 59.9 Å². The molecule has 0 heterocycles. The molecular weight excluding hydrogens is 266 g/mol. The van der Waals surface area contributed by atoms with Gasteiger partial charge >= 0.3 is 0 Å². The van der Waals surface area contributed by atoms with E-state index in [1.54, 1.807) is 13.8 Å². The molecule has 0 aliphatic carbocycles. The quantitative estimate of drug-likeness (QED) is 0.705. The summed E-state index contributed by atoms with van der Waals surface area (Å²) in [5.74, 6) is -0.287. The van der Waals surface area contributed by atoms with Crippen molar-refractivity contribution in [3.05, 3.63) is 0 Å². The Balaban J connectivity index is 4.92. The molecule has 0 aromatic heterocycles. The van der Waals surface area contributed by atoms with E-state index in [-0.39, 0.29) is 5.91 Å². The second kappa shape index (κ2) is 6.22. The Morgan fingerprint density at radius 3 is 2.05 bits per heavy atom. The van der Waals surface area contributed by atoms with Crippen LogP contribution in [0.1, 0.15) is 54.4 Å². The second-order valence-corrected chi connectivity index (χ2v) is 8.03. The van der Waals surface area contributed by atoms with Crippen molar-refractivity contribution in [2.24, 2.45) is 11.3 Å². The van der Waals surface area contributed by atoms with Gasteiger partial charge in [-0.3, -0.25) is 9.35 Å². The van der Waals surface area contributed by atoms with Crippen LogP contribution in [0, 0.1) is 11.3 Å². The summed E-state index contributed by atoms with van der Waals surface area (Å²) in [6, 6.07) is 0. The van der Waals surface area contributed by atoms with Gasteiger partial charge in [-0.05, 0) is 32.6 Å². The fourth-order valence-corrected chi connectivity index (χ4v) is 3.23. The molecule has 0 saturated heterocycles. The van der Waals surface area contributed by atoms with Gasteiger partial charge in [-0.2, -0.15) is 8.42 Å². The predicted octanol–water partition coefficient (Wildman–Crippen LogP) is 2.23. The van der Waals surface area contributed by atoms with Crippen LogP contribution < -0.4 is 5.32 Å². The zero-order valence-electron chi connectivity index (χ0n) is 12.8. The van der Waals surface area contributed by atoms with Crippen molar-refractivity contribution in [1.82, 2.24) is 5.32 Å². The molecule has 0 rings (SSSR count). The molecule has 0 saturated carbocycles. The molecule has 1 atom stereocenters. The maximum atomic E-state index is 12.3. The first-order valence-electron chi connectivity index (χ1n) is 6.59. The molecule has 0 aliphatic heterocycles. The van der Waals surface area contributed by atoms with Crippen LogP contribution in [0.25, 0.3) is 0 Å². The van der Waals surface area contributed by atoms with E-state index in [4.69, 9.17) is 4.55 Å². The number of nitrogens with one attached hydrogen (secondary N) is 1. The maximum absolute atomic E-state index is 12.3. The lowest BCUT2D eigenvalue weighted by Gasteiger charge is -2.34. The molecule has 0 bridgehead atoms. The van der Waals surface area contributed by atoms with Crippen LogP contribution in [0.3, 0.4) is 0 Å². The fourth-order valence-electron chi connectivity index (χ4n) is 2.25. The predicted molar refractivity (Wildman–Crippen MR) is 76.5 cm³/mol. The van der Waals surface area contributed by atoms with Gasteiger partial charge in [-0.25, -0.2) is 0 Å². The molecule has 0 aliphatic rings. The number of hydrogen-bond donors (Lipinski definition) is 2. The van der Waals surface area contributed by atoms with E-state index in [9.17, 15) is 13.2 Å². The number of rotatable bonds is 7. The van der Waals surface area contributed by atoms with Crippen LogP contribution >= 0.6 is 0 Å². The minimum Gasteiger partial charge on any atom is -0.350 e. The monoisotopic (exact) mass is 293 g/mol. The summed E-state index contributed by atoms with van der Waals surface area (Å²) < 4.78 is 30.8. The van der Waals surface area contributed by atoms with Crippen LogP contribution in [0.4, 0.5) is 0 Å². The van der Waals surface area contributed by atoms with Crippen molar-refractivity contribution in [3.8, 4) is 0 Å². The molecule has 19 heavy (non-hydrogen) atoms. The largest absolute Gasteiger partial charge is 0.350 e. The van der Waals surface area contributed by atoms with Gasteiger partial charge in [-0.15, -0.1) is 0 Å². The summed E-state index contributed by atoms with van der Waals surface area (Å²) in [4.78, 5) is 12.3. The average Bonchev–Trinajstić information content (AvgIpc) is 2.11. The summed E-state index contributed by atoms with van der Waals surface area (Å²) in [5, 5.41) is 2.73. The number of carbonyl (C=O) groups excluding carboxylic acids is 1. The van der Waals surface area contributed by atoms with Crippen LogP contribution in [-0.2, 0) is 14.9 Å². The molecule has 0 aromatic carbocycles. The Labute approximate surface area is 116 Å². The molecule has 5 nitrogen and oxygen atoms in total. The summed E-state index contributed by atoms with van der Waals surface area (Å²) in [6.45, 7) is 11.1. The lowest BCUT2D eigenvalue weighted by molar-refractivity contribution is -0.132. The molecule has 0 radical (unpaired) electrons. The zero-order chi connectivity index (χ0) is 15.5. The summed E-state index contributed by atoms with van der Waals surface area (Å²) in [7, 11) is -4.12. The Morgan fingerprint density at radius 2 is 1.74 bits per heavy atom. The van der Waals surface area contributed by atoms with Gasteiger partial charge in [0.05, 0.1) is 11.3 Å². The highest BCUT2D eigenvalue weighted by Gasteiger charge is 2.36. The summed E-state index contributed by atoms with van der Waals surface area (Å²) in [5.41, 5.74) is -1.51. The standard InChI is InChI=1S/C13H27NO4S/c1-7-13(6,8-10(2)3)11(15)14-12(4,5)9-19(16,17)18/h10H,7-9H2,1-6H3,(H,14,15)(H,16,17,18). The van der Waals surface area contributed by atoms with E-state index < -0.39 is 26.8 Å². The molecular formula is C13H27NO4S. The van der Waals surface area contributed by atoms with Gasteiger partial charge in [-0.1, -0.05) is 27.7 Å². The Morgan fingerprint density at radius 1 is 1.26 bits per heavy atom. The third-order valence-electron chi connectivity index (χ3n) is 3.18. The SMILES string of the molecule is CCC(C)(CC(C)C)C(=O)NC(C)(C)CS(=O)(=O)O. The molecule has 1 amide bonds. The number of amides is 1. The van der Waals surface area contributed by atoms with Crippen molar-refractivity contribution < 1.29 is 17.8 Å². The highest BCUT2D eigenvalue weighted by Crippen LogP contribution is 2.30. The van der Waals surface area contributed by atoms with Crippen molar-refractivity contribution in [3.63, 3.8) is 0 Å². The van der Waals surface area contributed by atoms with Crippen LogP contribution in [0.2, 0.25) is 0 Å². The van der Waals surface area contributed by atoms with Gasteiger partial charge < -0.3 is 5.32 Å². The van der Waals surface area contributed by atoms with E-state index in [1.165, 1.54) is 0 Å². The van der Waals surface area contributed by atoms with Crippen molar-refractivity contribution in [2.75, 3.05) is 5.75 Å². The van der Waals surface area contributed by atoms with Crippen LogP contribution in [0.15, 0.2) is 0 Å². The Kier molecular flexibility index (Phi) is 6.02. The van der Waals surface area contributed by atoms with Gasteiger partial charge in [0.2, 0.25) is 5.91 Å².